The smallest absolute Gasteiger partial charge is 0.357 e. The molecule has 0 spiro atoms. The molecule has 8 heteroatoms. The molecule has 2 aromatic carbocycles. The van der Waals surface area contributed by atoms with Crippen molar-refractivity contribution in [2.24, 2.45) is 0 Å². The average Bonchev–Trinajstić information content (AvgIpc) is 3.09. The lowest BCUT2D eigenvalue weighted by atomic mass is 10.2. The first-order chi connectivity index (χ1) is 13.1. The maximum atomic E-state index is 13.5. The van der Waals surface area contributed by atoms with Crippen molar-refractivity contribution >= 4 is 34.3 Å². The summed E-state index contributed by atoms with van der Waals surface area (Å²) in [4.78, 5) is 4.60. The summed E-state index contributed by atoms with van der Waals surface area (Å²) in [5.74, 6) is 0.0454. The summed E-state index contributed by atoms with van der Waals surface area (Å²) in [6.07, 6.45) is 0. The zero-order valence-corrected chi connectivity index (χ0v) is 17.3. The summed E-state index contributed by atoms with van der Waals surface area (Å²) in [6.45, 7) is 4.17. The fourth-order valence-electron chi connectivity index (χ4n) is 2.73. The second kappa shape index (κ2) is 8.85. The number of fused-ring (bicyclic) bond motifs is 1. The van der Waals surface area contributed by atoms with Gasteiger partial charge in [0, 0.05) is 0 Å². The van der Waals surface area contributed by atoms with Crippen LogP contribution in [0.15, 0.2) is 48.5 Å². The van der Waals surface area contributed by atoms with E-state index in [1.165, 1.54) is 11.3 Å². The Kier molecular flexibility index (Phi) is 6.50. The number of aromatic nitrogens is 1. The first-order valence-corrected chi connectivity index (χ1v) is 11.2. The standard InChI is InChI=1S/C19H23N2O4PS/c1-4-24-26(22,25-5-2)18(14-10-12-15(23-3)13-11-14)21-19-20-16-8-6-7-9-17(16)27-19/h6-13,18H,4-5H2,1-3H3,(H,20,21). The number of benzene rings is 2. The lowest BCUT2D eigenvalue weighted by Crippen LogP contribution is -2.15. The van der Waals surface area contributed by atoms with Crippen LogP contribution in [0.25, 0.3) is 10.2 Å². The van der Waals surface area contributed by atoms with E-state index in [1.54, 1.807) is 21.0 Å². The van der Waals surface area contributed by atoms with E-state index in [4.69, 9.17) is 13.8 Å². The van der Waals surface area contributed by atoms with Gasteiger partial charge < -0.3 is 19.1 Å². The molecule has 1 unspecified atom stereocenters. The Bertz CT molecular complexity index is 886. The Morgan fingerprint density at radius 3 is 2.33 bits per heavy atom. The first kappa shape index (κ1) is 19.8. The number of nitrogens with zero attached hydrogens (tertiary/aromatic N) is 1. The summed E-state index contributed by atoms with van der Waals surface area (Å²) < 4.78 is 31.0. The van der Waals surface area contributed by atoms with Crippen molar-refractivity contribution in [2.75, 3.05) is 25.6 Å². The highest BCUT2D eigenvalue weighted by Gasteiger charge is 2.37. The van der Waals surface area contributed by atoms with E-state index in [2.05, 4.69) is 10.3 Å². The van der Waals surface area contributed by atoms with Crippen molar-refractivity contribution < 1.29 is 18.3 Å². The van der Waals surface area contributed by atoms with E-state index >= 15 is 0 Å². The Morgan fingerprint density at radius 1 is 1.07 bits per heavy atom. The summed E-state index contributed by atoms with van der Waals surface area (Å²) in [5.41, 5.74) is 1.67. The molecular weight excluding hydrogens is 383 g/mol. The van der Waals surface area contributed by atoms with Crippen LogP contribution in [0.4, 0.5) is 5.13 Å². The van der Waals surface area contributed by atoms with Crippen LogP contribution in [-0.4, -0.2) is 25.3 Å². The van der Waals surface area contributed by atoms with Gasteiger partial charge >= 0.3 is 7.60 Å². The average molecular weight is 406 g/mol. The summed E-state index contributed by atoms with van der Waals surface area (Å²) in [5, 5.41) is 3.95. The number of ether oxygens (including phenoxy) is 1. The third-order valence-corrected chi connectivity index (χ3v) is 7.18. The van der Waals surface area contributed by atoms with Gasteiger partial charge in [-0.2, -0.15) is 0 Å². The number of methoxy groups -OCH3 is 1. The maximum Gasteiger partial charge on any atom is 0.357 e. The van der Waals surface area contributed by atoms with Gasteiger partial charge in [-0.05, 0) is 43.7 Å². The van der Waals surface area contributed by atoms with Gasteiger partial charge in [-0.3, -0.25) is 4.57 Å². The highest BCUT2D eigenvalue weighted by molar-refractivity contribution is 7.54. The van der Waals surface area contributed by atoms with Gasteiger partial charge in [-0.25, -0.2) is 4.98 Å². The Labute approximate surface area is 163 Å². The van der Waals surface area contributed by atoms with E-state index in [-0.39, 0.29) is 13.2 Å². The fraction of sp³-hybridized carbons (Fsp3) is 0.316. The summed E-state index contributed by atoms with van der Waals surface area (Å²) in [6, 6.07) is 15.2. The number of anilines is 1. The number of para-hydroxylation sites is 1. The van der Waals surface area contributed by atoms with Crippen LogP contribution in [0, 0.1) is 0 Å². The normalized spacial score (nSPS) is 12.9. The molecule has 0 bridgehead atoms. The van der Waals surface area contributed by atoms with Crippen LogP contribution >= 0.6 is 18.9 Å². The molecule has 1 atom stereocenters. The Morgan fingerprint density at radius 2 is 1.74 bits per heavy atom. The van der Waals surface area contributed by atoms with Crippen molar-refractivity contribution in [2.45, 2.75) is 19.6 Å². The third-order valence-electron chi connectivity index (χ3n) is 3.92. The third kappa shape index (κ3) is 4.50. The van der Waals surface area contributed by atoms with Gasteiger partial charge in [-0.15, -0.1) is 0 Å². The predicted molar refractivity (Wildman–Crippen MR) is 110 cm³/mol. The van der Waals surface area contributed by atoms with Gasteiger partial charge in [-0.1, -0.05) is 35.6 Å². The lowest BCUT2D eigenvalue weighted by molar-refractivity contribution is 0.214. The molecule has 144 valence electrons. The van der Waals surface area contributed by atoms with E-state index in [1.807, 2.05) is 48.5 Å². The van der Waals surface area contributed by atoms with Crippen molar-refractivity contribution in [3.8, 4) is 5.75 Å². The van der Waals surface area contributed by atoms with E-state index in [0.717, 1.165) is 21.5 Å². The molecule has 27 heavy (non-hydrogen) atoms. The largest absolute Gasteiger partial charge is 0.497 e. The van der Waals surface area contributed by atoms with E-state index < -0.39 is 13.4 Å². The van der Waals surface area contributed by atoms with Crippen molar-refractivity contribution in [1.29, 1.82) is 0 Å². The molecule has 0 saturated carbocycles. The van der Waals surface area contributed by atoms with Crippen LogP contribution in [0.3, 0.4) is 0 Å². The molecule has 0 aliphatic heterocycles. The van der Waals surface area contributed by atoms with Gasteiger partial charge in [0.25, 0.3) is 0 Å². The van der Waals surface area contributed by atoms with Gasteiger partial charge in [0.15, 0.2) is 10.9 Å². The minimum Gasteiger partial charge on any atom is -0.497 e. The minimum absolute atomic E-state index is 0.283. The van der Waals surface area contributed by atoms with Crippen molar-refractivity contribution in [3.05, 3.63) is 54.1 Å². The van der Waals surface area contributed by atoms with Gasteiger partial charge in [0.2, 0.25) is 0 Å². The monoisotopic (exact) mass is 406 g/mol. The van der Waals surface area contributed by atoms with Crippen LogP contribution in [0.1, 0.15) is 25.2 Å². The summed E-state index contributed by atoms with van der Waals surface area (Å²) >= 11 is 1.50. The zero-order chi connectivity index (χ0) is 19.3. The highest BCUT2D eigenvalue weighted by atomic mass is 32.1. The Balaban J connectivity index is 2.00. The van der Waals surface area contributed by atoms with Crippen LogP contribution in [0.5, 0.6) is 5.75 Å². The molecule has 0 aliphatic rings. The topological polar surface area (TPSA) is 69.7 Å². The maximum absolute atomic E-state index is 13.5. The van der Waals surface area contributed by atoms with Crippen LogP contribution in [0.2, 0.25) is 0 Å². The van der Waals surface area contributed by atoms with Crippen LogP contribution in [-0.2, 0) is 13.6 Å². The van der Waals surface area contributed by atoms with Crippen LogP contribution < -0.4 is 10.1 Å². The van der Waals surface area contributed by atoms with E-state index in [9.17, 15) is 4.57 Å². The summed E-state index contributed by atoms with van der Waals surface area (Å²) in [7, 11) is -1.86. The van der Waals surface area contributed by atoms with Crippen molar-refractivity contribution in [1.82, 2.24) is 4.98 Å². The molecule has 1 aromatic heterocycles. The zero-order valence-electron chi connectivity index (χ0n) is 15.5. The molecule has 0 saturated heterocycles. The molecule has 0 amide bonds. The van der Waals surface area contributed by atoms with Gasteiger partial charge in [0.1, 0.15) is 5.75 Å². The molecule has 3 rings (SSSR count). The first-order valence-electron chi connectivity index (χ1n) is 8.74. The number of thiazole rings is 1. The molecule has 1 heterocycles. The molecule has 0 radical (unpaired) electrons. The van der Waals surface area contributed by atoms with E-state index in [0.29, 0.717) is 5.13 Å². The molecule has 1 N–H and O–H groups in total. The quantitative estimate of drug-likeness (QED) is 0.461. The highest BCUT2D eigenvalue weighted by Crippen LogP contribution is 2.61. The molecule has 0 fully saturated rings. The number of nitrogens with one attached hydrogen (secondary N) is 1. The molecule has 3 aromatic rings. The lowest BCUT2D eigenvalue weighted by Gasteiger charge is -2.27. The molecular formula is C19H23N2O4PS. The number of hydrogen-bond acceptors (Lipinski definition) is 7. The second-order valence-electron chi connectivity index (χ2n) is 5.68. The Hall–Kier alpha value is -1.92. The minimum atomic E-state index is -3.47. The number of hydrogen-bond donors (Lipinski definition) is 1. The number of rotatable bonds is 9. The van der Waals surface area contributed by atoms with Gasteiger partial charge in [0.05, 0.1) is 30.5 Å². The molecule has 6 nitrogen and oxygen atoms in total. The fourth-order valence-corrected chi connectivity index (χ4v) is 5.62. The molecule has 0 aliphatic carbocycles. The van der Waals surface area contributed by atoms with Crippen molar-refractivity contribution in [3.63, 3.8) is 0 Å². The predicted octanol–water partition coefficient (Wildman–Crippen LogP) is 5.68. The SMILES string of the molecule is CCOP(=O)(OCC)C(Nc1nc2ccccc2s1)c1ccc(OC)cc1. The second-order valence-corrected chi connectivity index (χ2v) is 8.83.